The van der Waals surface area contributed by atoms with E-state index in [0.29, 0.717) is 0 Å². The molecule has 1 radical (unpaired) electrons. The molecule has 5 rings (SSSR count). The molecule has 0 spiro atoms. The first-order valence-electron chi connectivity index (χ1n) is 11.4. The van der Waals surface area contributed by atoms with Gasteiger partial charge in [0.2, 0.25) is 0 Å². The summed E-state index contributed by atoms with van der Waals surface area (Å²) in [6, 6.07) is 33.3. The number of aromatic nitrogens is 2. The molecule has 35 heavy (non-hydrogen) atoms. The molecule has 2 nitrogen and oxygen atoms in total. The number of hydrogen-bond acceptors (Lipinski definition) is 1. The van der Waals surface area contributed by atoms with Crippen LogP contribution in [0.25, 0.3) is 39.3 Å². The van der Waals surface area contributed by atoms with Crippen molar-refractivity contribution in [3.63, 3.8) is 0 Å². The molecule has 0 aliphatic heterocycles. The number of hydrogen-bond donors (Lipinski definition) is 0. The molecular formula is C31H26FIrN2-. The molecule has 0 fully saturated rings. The minimum atomic E-state index is -0.290. The monoisotopic (exact) mass is 638 g/mol. The SMILES string of the molecule is CC(C)(C)c1cc(F)c[c-]c1-c1nccn1-c1c(-c2ccccc2)cccc1-c1ccccc1.[Ir]. The van der Waals surface area contributed by atoms with E-state index in [2.05, 4.69) is 98.1 Å². The van der Waals surface area contributed by atoms with E-state index in [4.69, 9.17) is 4.98 Å². The Bertz CT molecular complexity index is 1380. The maximum absolute atomic E-state index is 14.3. The predicted octanol–water partition coefficient (Wildman–Crippen LogP) is 8.11. The van der Waals surface area contributed by atoms with Crippen molar-refractivity contribution in [1.82, 2.24) is 9.55 Å². The Morgan fingerprint density at radius 2 is 1.37 bits per heavy atom. The van der Waals surface area contributed by atoms with Gasteiger partial charge in [0.25, 0.3) is 0 Å². The van der Waals surface area contributed by atoms with Crippen molar-refractivity contribution in [2.24, 2.45) is 0 Å². The molecule has 4 heteroatoms. The Balaban J connectivity index is 0.00000289. The second-order valence-corrected chi connectivity index (χ2v) is 9.41. The van der Waals surface area contributed by atoms with Gasteiger partial charge in [-0.1, -0.05) is 99.6 Å². The number of nitrogens with zero attached hydrogens (tertiary/aromatic N) is 2. The van der Waals surface area contributed by atoms with Crippen molar-refractivity contribution in [3.8, 4) is 39.3 Å². The fourth-order valence-corrected chi connectivity index (χ4v) is 4.42. The van der Waals surface area contributed by atoms with Crippen LogP contribution in [-0.4, -0.2) is 9.55 Å². The number of halogens is 1. The van der Waals surface area contributed by atoms with Gasteiger partial charge >= 0.3 is 0 Å². The Labute approximate surface area is 219 Å². The smallest absolute Gasteiger partial charge is 0.0606 e. The summed E-state index contributed by atoms with van der Waals surface area (Å²) in [6.07, 6.45) is 3.78. The zero-order valence-corrected chi connectivity index (χ0v) is 22.3. The van der Waals surface area contributed by atoms with E-state index in [0.717, 1.165) is 44.9 Å². The molecule has 0 aliphatic rings. The van der Waals surface area contributed by atoms with E-state index < -0.39 is 0 Å². The van der Waals surface area contributed by atoms with Crippen LogP contribution in [0.3, 0.4) is 0 Å². The zero-order chi connectivity index (χ0) is 23.7. The van der Waals surface area contributed by atoms with E-state index >= 15 is 0 Å². The summed E-state index contributed by atoms with van der Waals surface area (Å²) in [4.78, 5) is 4.75. The maximum atomic E-state index is 14.3. The Morgan fingerprint density at radius 1 is 0.800 bits per heavy atom. The summed E-state index contributed by atoms with van der Waals surface area (Å²) < 4.78 is 16.4. The molecule has 0 saturated heterocycles. The average molecular weight is 638 g/mol. The van der Waals surface area contributed by atoms with E-state index in [-0.39, 0.29) is 31.3 Å². The van der Waals surface area contributed by atoms with Gasteiger partial charge in [-0.3, -0.25) is 9.37 Å². The summed E-state index contributed by atoms with van der Waals surface area (Å²) in [5, 5.41) is 0. The molecule has 1 heterocycles. The van der Waals surface area contributed by atoms with Gasteiger partial charge < -0.3 is 4.57 Å². The van der Waals surface area contributed by atoms with Crippen molar-refractivity contribution in [3.05, 3.63) is 121 Å². The molecule has 177 valence electrons. The van der Waals surface area contributed by atoms with Crippen LogP contribution in [0.2, 0.25) is 0 Å². The topological polar surface area (TPSA) is 17.8 Å². The van der Waals surface area contributed by atoms with Gasteiger partial charge in [-0.15, -0.1) is 29.3 Å². The van der Waals surface area contributed by atoms with Crippen LogP contribution >= 0.6 is 0 Å². The van der Waals surface area contributed by atoms with Gasteiger partial charge in [0.1, 0.15) is 0 Å². The third-order valence-corrected chi connectivity index (χ3v) is 6.02. The van der Waals surface area contributed by atoms with Crippen LogP contribution in [0.5, 0.6) is 0 Å². The van der Waals surface area contributed by atoms with Gasteiger partial charge in [0.05, 0.1) is 11.5 Å². The largest absolute Gasteiger partial charge is 0.339 e. The molecule has 0 unspecified atom stereocenters. The van der Waals surface area contributed by atoms with Gasteiger partial charge in [0, 0.05) is 49.4 Å². The molecule has 4 aromatic carbocycles. The zero-order valence-electron chi connectivity index (χ0n) is 19.9. The summed E-state index contributed by atoms with van der Waals surface area (Å²) in [7, 11) is 0. The molecule has 1 aromatic heterocycles. The number of para-hydroxylation sites is 1. The normalized spacial score (nSPS) is 11.2. The number of rotatable bonds is 4. The molecular weight excluding hydrogens is 612 g/mol. The van der Waals surface area contributed by atoms with Crippen LogP contribution in [0.15, 0.2) is 103 Å². The minimum absolute atomic E-state index is 0. The fourth-order valence-electron chi connectivity index (χ4n) is 4.42. The molecule has 0 bridgehead atoms. The number of imidazole rings is 1. The first-order chi connectivity index (χ1) is 16.4. The van der Waals surface area contributed by atoms with E-state index in [9.17, 15) is 4.39 Å². The summed E-state index contributed by atoms with van der Waals surface area (Å²) in [5.74, 6) is 0.451. The average Bonchev–Trinajstić information content (AvgIpc) is 3.33. The van der Waals surface area contributed by atoms with Gasteiger partial charge in [-0.25, -0.2) is 0 Å². The third kappa shape index (κ3) is 4.91. The summed E-state index contributed by atoms with van der Waals surface area (Å²) in [5.41, 5.74) is 6.87. The van der Waals surface area contributed by atoms with Crippen molar-refractivity contribution in [2.75, 3.05) is 0 Å². The molecule has 0 N–H and O–H groups in total. The van der Waals surface area contributed by atoms with Gasteiger partial charge in [0.15, 0.2) is 0 Å². The quantitative estimate of drug-likeness (QED) is 0.182. The molecule has 0 saturated carbocycles. The van der Waals surface area contributed by atoms with Crippen LogP contribution in [0.4, 0.5) is 4.39 Å². The van der Waals surface area contributed by atoms with Crippen LogP contribution in [-0.2, 0) is 25.5 Å². The third-order valence-electron chi connectivity index (χ3n) is 6.02. The Morgan fingerprint density at radius 3 is 1.91 bits per heavy atom. The van der Waals surface area contributed by atoms with E-state index in [1.165, 1.54) is 6.07 Å². The van der Waals surface area contributed by atoms with Crippen molar-refractivity contribution in [1.29, 1.82) is 0 Å². The molecule has 0 aliphatic carbocycles. The minimum Gasteiger partial charge on any atom is -0.339 e. The predicted molar refractivity (Wildman–Crippen MR) is 137 cm³/mol. The van der Waals surface area contributed by atoms with Crippen molar-refractivity contribution >= 4 is 0 Å². The van der Waals surface area contributed by atoms with Gasteiger partial charge in [-0.05, 0) is 16.5 Å². The molecule has 0 atom stereocenters. The summed E-state index contributed by atoms with van der Waals surface area (Å²) >= 11 is 0. The molecule has 0 amide bonds. The summed E-state index contributed by atoms with van der Waals surface area (Å²) in [6.45, 7) is 6.25. The van der Waals surface area contributed by atoms with Crippen LogP contribution in [0.1, 0.15) is 26.3 Å². The van der Waals surface area contributed by atoms with Crippen molar-refractivity contribution in [2.45, 2.75) is 26.2 Å². The van der Waals surface area contributed by atoms with Crippen molar-refractivity contribution < 1.29 is 24.5 Å². The van der Waals surface area contributed by atoms with Crippen LogP contribution < -0.4 is 0 Å². The standard InChI is InChI=1S/C31H26FN2.Ir/c1-31(2,3)28-21-24(32)17-18-27(28)30-33-19-20-34(30)29-25(22-11-6-4-7-12-22)15-10-16-26(29)23-13-8-5-9-14-23;/h4-17,19-21H,1-3H3;/q-1;. The second-order valence-electron chi connectivity index (χ2n) is 9.41. The Kier molecular flexibility index (Phi) is 7.16. The first kappa shape index (κ1) is 24.8. The van der Waals surface area contributed by atoms with E-state index in [1.807, 2.05) is 18.3 Å². The second kappa shape index (κ2) is 10.1. The fraction of sp³-hybridized carbons (Fsp3) is 0.129. The number of benzene rings is 4. The first-order valence-corrected chi connectivity index (χ1v) is 11.4. The maximum Gasteiger partial charge on any atom is 0.0606 e. The van der Waals surface area contributed by atoms with E-state index in [1.54, 1.807) is 12.3 Å². The Hall–Kier alpha value is -3.33. The van der Waals surface area contributed by atoms with Gasteiger partial charge in [-0.2, -0.15) is 0 Å². The molecule has 5 aromatic rings. The van der Waals surface area contributed by atoms with Crippen LogP contribution in [0, 0.1) is 11.9 Å².